The van der Waals surface area contributed by atoms with Gasteiger partial charge in [-0.3, -0.25) is 4.99 Å². The number of rotatable bonds is 2. The maximum atomic E-state index is 4.75. The summed E-state index contributed by atoms with van der Waals surface area (Å²) in [5.74, 6) is 0. The van der Waals surface area contributed by atoms with Crippen LogP contribution in [0.4, 0.5) is 5.69 Å². The first-order valence-corrected chi connectivity index (χ1v) is 7.18. The van der Waals surface area contributed by atoms with Crippen LogP contribution in [0.2, 0.25) is 0 Å². The minimum atomic E-state index is -0.0430. The van der Waals surface area contributed by atoms with Gasteiger partial charge in [0, 0.05) is 10.3 Å². The molecule has 0 N–H and O–H groups in total. The van der Waals surface area contributed by atoms with Gasteiger partial charge < -0.3 is 0 Å². The van der Waals surface area contributed by atoms with Crippen molar-refractivity contribution in [2.45, 2.75) is 24.2 Å². The predicted octanol–water partition coefficient (Wildman–Crippen LogP) is 5.05. The number of para-hydroxylation sites is 1. The minimum Gasteiger partial charge on any atom is -0.252 e. The zero-order valence-corrected chi connectivity index (χ0v) is 12.6. The van der Waals surface area contributed by atoms with E-state index in [9.17, 15) is 0 Å². The van der Waals surface area contributed by atoms with Gasteiger partial charge in [0.25, 0.3) is 0 Å². The summed E-state index contributed by atoms with van der Waals surface area (Å²) in [5, 5.41) is 0. The van der Waals surface area contributed by atoms with Gasteiger partial charge in [0.15, 0.2) is 0 Å². The van der Waals surface area contributed by atoms with Crippen molar-refractivity contribution in [3.05, 3.63) is 65.7 Å². The molecule has 0 radical (unpaired) electrons. The molecule has 0 amide bonds. The zero-order valence-electron chi connectivity index (χ0n) is 11.7. The van der Waals surface area contributed by atoms with Crippen LogP contribution in [0.5, 0.6) is 0 Å². The first-order chi connectivity index (χ1) is 9.59. The van der Waals surface area contributed by atoms with Gasteiger partial charge in [-0.25, -0.2) is 0 Å². The number of hydrogen-bond acceptors (Lipinski definition) is 2. The number of benzene rings is 2. The summed E-state index contributed by atoms with van der Waals surface area (Å²) in [7, 11) is 0. The van der Waals surface area contributed by atoms with Crippen LogP contribution in [-0.2, 0) is 5.41 Å². The Balaban J connectivity index is 1.96. The number of hydrogen-bond donors (Lipinski definition) is 1. The molecule has 2 heteroatoms. The van der Waals surface area contributed by atoms with Crippen LogP contribution in [0.25, 0.3) is 6.08 Å². The molecule has 1 heterocycles. The Morgan fingerprint density at radius 3 is 2.40 bits per heavy atom. The van der Waals surface area contributed by atoms with Crippen LogP contribution in [0.3, 0.4) is 0 Å². The molecule has 0 atom stereocenters. The van der Waals surface area contributed by atoms with E-state index >= 15 is 0 Å². The third-order valence-corrected chi connectivity index (χ3v) is 4.22. The molecule has 1 nitrogen and oxygen atoms in total. The molecule has 0 unspecified atom stereocenters. The van der Waals surface area contributed by atoms with Gasteiger partial charge in [-0.1, -0.05) is 56.3 Å². The summed E-state index contributed by atoms with van der Waals surface area (Å²) in [6, 6.07) is 16.4. The minimum absolute atomic E-state index is 0.0430. The van der Waals surface area contributed by atoms with E-state index in [0.717, 1.165) is 21.9 Å². The fourth-order valence-corrected chi connectivity index (χ4v) is 2.79. The number of fused-ring (bicyclic) bond motifs is 1. The Bertz CT molecular complexity index is 711. The van der Waals surface area contributed by atoms with Gasteiger partial charge in [0.1, 0.15) is 0 Å². The Morgan fingerprint density at radius 1 is 0.950 bits per heavy atom. The van der Waals surface area contributed by atoms with Crippen molar-refractivity contribution in [1.29, 1.82) is 0 Å². The van der Waals surface area contributed by atoms with Crippen molar-refractivity contribution in [3.63, 3.8) is 0 Å². The molecule has 0 saturated heterocycles. The molecule has 0 bridgehead atoms. The summed E-state index contributed by atoms with van der Waals surface area (Å²) < 4.78 is 0. The predicted molar refractivity (Wildman–Crippen MR) is 89.3 cm³/mol. The fraction of sp³-hybridized carbons (Fsp3) is 0.167. The molecule has 2 aromatic carbocycles. The highest BCUT2D eigenvalue weighted by Gasteiger charge is 2.32. The van der Waals surface area contributed by atoms with Crippen LogP contribution in [0.15, 0.2) is 64.5 Å². The second-order valence-corrected chi connectivity index (χ2v) is 6.01. The van der Waals surface area contributed by atoms with Crippen molar-refractivity contribution in [3.8, 4) is 0 Å². The van der Waals surface area contributed by atoms with Gasteiger partial charge in [-0.05, 0) is 29.3 Å². The SMILES string of the molecule is CC1(C)C(/C=C/c2ccccc2S)=Nc2ccccc21. The molecule has 0 aliphatic carbocycles. The Morgan fingerprint density at radius 2 is 1.65 bits per heavy atom. The molecular formula is C18H17NS. The second kappa shape index (κ2) is 4.95. The van der Waals surface area contributed by atoms with E-state index in [1.54, 1.807) is 0 Å². The summed E-state index contributed by atoms with van der Waals surface area (Å²) in [6.07, 6.45) is 4.20. The van der Waals surface area contributed by atoms with Crippen molar-refractivity contribution in [1.82, 2.24) is 0 Å². The standard InChI is InChI=1S/C18H17NS/c1-18(2)14-8-4-5-9-15(14)19-17(18)12-11-13-7-3-6-10-16(13)20/h3-12,20H,1-2H3/b12-11+. The summed E-state index contributed by atoms with van der Waals surface area (Å²) in [6.45, 7) is 4.43. The maximum Gasteiger partial charge on any atom is 0.0674 e. The maximum absolute atomic E-state index is 4.75. The van der Waals surface area contributed by atoms with E-state index in [1.807, 2.05) is 24.3 Å². The first kappa shape index (κ1) is 13.2. The van der Waals surface area contributed by atoms with Gasteiger partial charge in [-0.2, -0.15) is 0 Å². The molecule has 100 valence electrons. The smallest absolute Gasteiger partial charge is 0.0674 e. The lowest BCUT2D eigenvalue weighted by Gasteiger charge is -2.20. The van der Waals surface area contributed by atoms with Crippen LogP contribution >= 0.6 is 12.6 Å². The van der Waals surface area contributed by atoms with Gasteiger partial charge >= 0.3 is 0 Å². The van der Waals surface area contributed by atoms with E-state index < -0.39 is 0 Å². The molecule has 0 saturated carbocycles. The van der Waals surface area contributed by atoms with Crippen LogP contribution < -0.4 is 0 Å². The van der Waals surface area contributed by atoms with Crippen LogP contribution in [-0.4, -0.2) is 5.71 Å². The number of allylic oxidation sites excluding steroid dienone is 1. The fourth-order valence-electron chi connectivity index (χ4n) is 2.55. The average Bonchev–Trinajstić information content (AvgIpc) is 2.70. The Kier molecular flexibility index (Phi) is 3.27. The van der Waals surface area contributed by atoms with Crippen molar-refractivity contribution >= 4 is 30.1 Å². The summed E-state index contributed by atoms with van der Waals surface area (Å²) >= 11 is 4.48. The molecule has 2 aromatic rings. The molecule has 1 aliphatic heterocycles. The molecule has 0 fully saturated rings. The van der Waals surface area contributed by atoms with Crippen LogP contribution in [0.1, 0.15) is 25.0 Å². The monoisotopic (exact) mass is 279 g/mol. The quantitative estimate of drug-likeness (QED) is 0.738. The van der Waals surface area contributed by atoms with E-state index in [-0.39, 0.29) is 5.41 Å². The number of nitrogens with zero attached hydrogens (tertiary/aromatic N) is 1. The van der Waals surface area contributed by atoms with E-state index in [1.165, 1.54) is 5.56 Å². The molecule has 3 rings (SSSR count). The normalized spacial score (nSPS) is 16.2. The summed E-state index contributed by atoms with van der Waals surface area (Å²) in [4.78, 5) is 5.74. The third kappa shape index (κ3) is 2.20. The van der Waals surface area contributed by atoms with Crippen molar-refractivity contribution < 1.29 is 0 Å². The lowest BCUT2D eigenvalue weighted by atomic mass is 9.81. The van der Waals surface area contributed by atoms with Gasteiger partial charge in [-0.15, -0.1) is 12.6 Å². The largest absolute Gasteiger partial charge is 0.252 e. The van der Waals surface area contributed by atoms with Crippen molar-refractivity contribution in [2.75, 3.05) is 0 Å². The molecule has 1 aliphatic rings. The second-order valence-electron chi connectivity index (χ2n) is 5.53. The number of aliphatic imine (C=N–C) groups is 1. The Labute approximate surface area is 125 Å². The molecular weight excluding hydrogens is 262 g/mol. The highest BCUT2D eigenvalue weighted by Crippen LogP contribution is 2.40. The lowest BCUT2D eigenvalue weighted by molar-refractivity contribution is 0.740. The van der Waals surface area contributed by atoms with E-state index in [2.05, 4.69) is 62.9 Å². The van der Waals surface area contributed by atoms with E-state index in [4.69, 9.17) is 4.99 Å². The number of thiol groups is 1. The third-order valence-electron chi connectivity index (χ3n) is 3.82. The van der Waals surface area contributed by atoms with Gasteiger partial charge in [0.2, 0.25) is 0 Å². The highest BCUT2D eigenvalue weighted by atomic mass is 32.1. The molecule has 0 aromatic heterocycles. The highest BCUT2D eigenvalue weighted by molar-refractivity contribution is 7.80. The summed E-state index contributed by atoms with van der Waals surface area (Å²) in [5.41, 5.74) is 4.54. The topological polar surface area (TPSA) is 12.4 Å². The average molecular weight is 279 g/mol. The van der Waals surface area contributed by atoms with Gasteiger partial charge in [0.05, 0.1) is 11.4 Å². The zero-order chi connectivity index (χ0) is 14.2. The van der Waals surface area contributed by atoms with E-state index in [0.29, 0.717) is 0 Å². The van der Waals surface area contributed by atoms with Crippen LogP contribution in [0, 0.1) is 0 Å². The lowest BCUT2D eigenvalue weighted by Crippen LogP contribution is -2.23. The van der Waals surface area contributed by atoms with Crippen molar-refractivity contribution in [2.24, 2.45) is 4.99 Å². The molecule has 20 heavy (non-hydrogen) atoms. The molecule has 0 spiro atoms. The Hall–Kier alpha value is -1.80. The first-order valence-electron chi connectivity index (χ1n) is 6.74.